The van der Waals surface area contributed by atoms with Crippen LogP contribution in [0.4, 0.5) is 0 Å². The maximum absolute atomic E-state index is 9.02. The van der Waals surface area contributed by atoms with Crippen molar-refractivity contribution >= 4 is 11.6 Å². The average Bonchev–Trinajstić information content (AvgIpc) is 2.87. The Bertz CT molecular complexity index is 1070. The molecule has 1 saturated carbocycles. The second-order valence-electron chi connectivity index (χ2n) is 9.60. The van der Waals surface area contributed by atoms with Crippen molar-refractivity contribution in [1.29, 1.82) is 5.26 Å². The molecule has 0 saturated heterocycles. The van der Waals surface area contributed by atoms with Gasteiger partial charge in [-0.3, -0.25) is 0 Å². The van der Waals surface area contributed by atoms with E-state index in [2.05, 4.69) is 61.5 Å². The molecule has 4 rings (SSSR count). The third kappa shape index (κ3) is 6.27. The van der Waals surface area contributed by atoms with E-state index in [-0.39, 0.29) is 0 Å². The fraction of sp³-hybridized carbons (Fsp3) is 0.387. The van der Waals surface area contributed by atoms with Crippen molar-refractivity contribution in [3.8, 4) is 17.2 Å². The Morgan fingerprint density at radius 3 is 2.06 bits per heavy atom. The highest BCUT2D eigenvalue weighted by atomic mass is 35.5. The number of rotatable bonds is 8. The molecule has 1 aliphatic rings. The third-order valence-corrected chi connectivity index (χ3v) is 7.64. The highest BCUT2D eigenvalue weighted by Gasteiger charge is 2.21. The van der Waals surface area contributed by atoms with Gasteiger partial charge in [0.05, 0.1) is 11.6 Å². The lowest BCUT2D eigenvalue weighted by molar-refractivity contribution is 0.304. The van der Waals surface area contributed by atoms with Crippen LogP contribution < -0.4 is 0 Å². The van der Waals surface area contributed by atoms with E-state index < -0.39 is 0 Å². The van der Waals surface area contributed by atoms with Gasteiger partial charge in [-0.15, -0.1) is 0 Å². The number of benzene rings is 3. The lowest BCUT2D eigenvalue weighted by Crippen LogP contribution is -2.13. The summed E-state index contributed by atoms with van der Waals surface area (Å²) in [5.41, 5.74) is 6.93. The summed E-state index contributed by atoms with van der Waals surface area (Å²) in [5, 5.41) is 9.64. The number of halogens is 1. The Morgan fingerprint density at radius 2 is 1.48 bits per heavy atom. The predicted molar refractivity (Wildman–Crippen MR) is 140 cm³/mol. The Morgan fingerprint density at radius 1 is 0.848 bits per heavy atom. The molecular weight excluding hydrogens is 422 g/mol. The fourth-order valence-corrected chi connectivity index (χ4v) is 5.48. The number of hydrogen-bond donors (Lipinski definition) is 0. The molecule has 0 spiro atoms. The standard InChI is InChI=1S/C31H34ClN/c1-2-3-4-23-7-14-27(15-8-23)28-16-9-24(10-17-28)5-6-25-11-18-29(19-12-25)30-20-13-26(22-33)21-31(30)32/h9-13,16-21,23,27H,2-8,14-15H2,1H3. The number of hydrogen-bond acceptors (Lipinski definition) is 1. The molecule has 1 aliphatic carbocycles. The summed E-state index contributed by atoms with van der Waals surface area (Å²) in [4.78, 5) is 0. The Labute approximate surface area is 204 Å². The van der Waals surface area contributed by atoms with Crippen LogP contribution >= 0.6 is 11.6 Å². The molecule has 0 aliphatic heterocycles. The van der Waals surface area contributed by atoms with Gasteiger partial charge in [-0.2, -0.15) is 5.26 Å². The van der Waals surface area contributed by atoms with Crippen LogP contribution in [0.15, 0.2) is 66.7 Å². The molecule has 0 unspecified atom stereocenters. The summed E-state index contributed by atoms with van der Waals surface area (Å²) < 4.78 is 0. The zero-order valence-electron chi connectivity index (χ0n) is 19.7. The first-order chi connectivity index (χ1) is 16.2. The monoisotopic (exact) mass is 455 g/mol. The van der Waals surface area contributed by atoms with Gasteiger partial charge in [-0.25, -0.2) is 0 Å². The van der Waals surface area contributed by atoms with Crippen molar-refractivity contribution in [2.24, 2.45) is 5.92 Å². The van der Waals surface area contributed by atoms with Gasteiger partial charge in [-0.1, -0.05) is 92.4 Å². The summed E-state index contributed by atoms with van der Waals surface area (Å²) in [6.07, 6.45) is 11.8. The van der Waals surface area contributed by atoms with Crippen LogP contribution in [0.2, 0.25) is 5.02 Å². The summed E-state index contributed by atoms with van der Waals surface area (Å²) in [5.74, 6) is 1.73. The van der Waals surface area contributed by atoms with E-state index in [1.807, 2.05) is 12.1 Å². The molecular formula is C31H34ClN. The Balaban J connectivity index is 1.29. The average molecular weight is 456 g/mol. The Hall–Kier alpha value is -2.56. The van der Waals surface area contributed by atoms with Crippen molar-refractivity contribution in [2.45, 2.75) is 70.6 Å². The van der Waals surface area contributed by atoms with Crippen LogP contribution in [-0.2, 0) is 12.8 Å². The zero-order valence-corrected chi connectivity index (χ0v) is 20.5. The first-order valence-electron chi connectivity index (χ1n) is 12.5. The predicted octanol–water partition coefficient (Wildman–Crippen LogP) is 9.13. The van der Waals surface area contributed by atoms with Gasteiger partial charge in [0.1, 0.15) is 0 Å². The SMILES string of the molecule is CCCCC1CCC(c2ccc(CCc3ccc(-c4ccc(C#N)cc4Cl)cc3)cc2)CC1. The molecule has 170 valence electrons. The number of unbranched alkanes of at least 4 members (excludes halogenated alkanes) is 1. The first kappa shape index (κ1) is 23.6. The number of nitriles is 1. The summed E-state index contributed by atoms with van der Waals surface area (Å²) in [6.45, 7) is 2.30. The molecule has 0 N–H and O–H groups in total. The van der Waals surface area contributed by atoms with E-state index in [0.717, 1.165) is 35.8 Å². The van der Waals surface area contributed by atoms with Crippen LogP contribution in [0.3, 0.4) is 0 Å². The summed E-state index contributed by atoms with van der Waals surface area (Å²) in [7, 11) is 0. The van der Waals surface area contributed by atoms with E-state index in [9.17, 15) is 0 Å². The van der Waals surface area contributed by atoms with Crippen molar-refractivity contribution < 1.29 is 0 Å². The highest BCUT2D eigenvalue weighted by molar-refractivity contribution is 6.33. The minimum absolute atomic E-state index is 0.589. The molecule has 1 nitrogen and oxygen atoms in total. The number of aryl methyl sites for hydroxylation is 2. The maximum Gasteiger partial charge on any atom is 0.0992 e. The molecule has 1 fully saturated rings. The van der Waals surface area contributed by atoms with E-state index in [0.29, 0.717) is 10.6 Å². The van der Waals surface area contributed by atoms with Crippen molar-refractivity contribution in [3.05, 3.63) is 94.0 Å². The van der Waals surface area contributed by atoms with Crippen molar-refractivity contribution in [2.75, 3.05) is 0 Å². The molecule has 0 bridgehead atoms. The lowest BCUT2D eigenvalue weighted by atomic mass is 9.77. The second kappa shape index (κ2) is 11.5. The molecule has 0 radical (unpaired) electrons. The van der Waals surface area contributed by atoms with E-state index in [4.69, 9.17) is 16.9 Å². The third-order valence-electron chi connectivity index (χ3n) is 7.33. The normalized spacial score (nSPS) is 18.1. The minimum atomic E-state index is 0.589. The van der Waals surface area contributed by atoms with E-state index in [1.165, 1.54) is 61.6 Å². The van der Waals surface area contributed by atoms with Gasteiger partial charge in [-0.05, 0) is 84.7 Å². The molecule has 3 aromatic rings. The van der Waals surface area contributed by atoms with Gasteiger partial charge < -0.3 is 0 Å². The van der Waals surface area contributed by atoms with Crippen LogP contribution in [0.5, 0.6) is 0 Å². The molecule has 0 atom stereocenters. The fourth-order valence-electron chi connectivity index (χ4n) is 5.19. The van der Waals surface area contributed by atoms with Gasteiger partial charge >= 0.3 is 0 Å². The summed E-state index contributed by atoms with van der Waals surface area (Å²) in [6, 6.07) is 25.7. The largest absolute Gasteiger partial charge is 0.192 e. The smallest absolute Gasteiger partial charge is 0.0992 e. The lowest BCUT2D eigenvalue weighted by Gasteiger charge is -2.29. The highest BCUT2D eigenvalue weighted by Crippen LogP contribution is 2.37. The molecule has 3 aromatic carbocycles. The first-order valence-corrected chi connectivity index (χ1v) is 12.9. The van der Waals surface area contributed by atoms with Gasteiger partial charge in [0, 0.05) is 10.6 Å². The molecule has 0 heterocycles. The quantitative estimate of drug-likeness (QED) is 0.332. The van der Waals surface area contributed by atoms with Gasteiger partial charge in [0.2, 0.25) is 0 Å². The van der Waals surface area contributed by atoms with Crippen LogP contribution in [0.25, 0.3) is 11.1 Å². The van der Waals surface area contributed by atoms with Gasteiger partial charge in [0.15, 0.2) is 0 Å². The minimum Gasteiger partial charge on any atom is -0.192 e. The van der Waals surface area contributed by atoms with Crippen molar-refractivity contribution in [3.63, 3.8) is 0 Å². The molecule has 2 heteroatoms. The van der Waals surface area contributed by atoms with Crippen LogP contribution in [0, 0.1) is 17.2 Å². The van der Waals surface area contributed by atoms with Crippen molar-refractivity contribution in [1.82, 2.24) is 0 Å². The maximum atomic E-state index is 9.02. The van der Waals surface area contributed by atoms with E-state index >= 15 is 0 Å². The van der Waals surface area contributed by atoms with Gasteiger partial charge in [0.25, 0.3) is 0 Å². The topological polar surface area (TPSA) is 23.8 Å². The molecule has 0 amide bonds. The molecule has 0 aromatic heterocycles. The van der Waals surface area contributed by atoms with Crippen LogP contribution in [-0.4, -0.2) is 0 Å². The second-order valence-corrected chi connectivity index (χ2v) is 10.0. The van der Waals surface area contributed by atoms with Crippen LogP contribution in [0.1, 0.15) is 80.0 Å². The molecule has 33 heavy (non-hydrogen) atoms. The summed E-state index contributed by atoms with van der Waals surface area (Å²) >= 11 is 6.37. The Kier molecular flexibility index (Phi) is 8.25. The zero-order chi connectivity index (χ0) is 23.0. The number of nitrogens with zero attached hydrogens (tertiary/aromatic N) is 1. The van der Waals surface area contributed by atoms with E-state index in [1.54, 1.807) is 6.07 Å².